The molecule has 7 N–H and O–H groups in total. The Bertz CT molecular complexity index is 1560. The van der Waals surface area contributed by atoms with E-state index in [2.05, 4.69) is 20.6 Å². The van der Waals surface area contributed by atoms with E-state index in [4.69, 9.17) is 15.9 Å². The Hall–Kier alpha value is -5.20. The lowest BCUT2D eigenvalue weighted by Gasteiger charge is -2.21. The zero-order valence-electron chi connectivity index (χ0n) is 25.5. The summed E-state index contributed by atoms with van der Waals surface area (Å²) in [7, 11) is 0. The topological polar surface area (TPSA) is 206 Å². The predicted molar refractivity (Wildman–Crippen MR) is 167 cm³/mol. The van der Waals surface area contributed by atoms with E-state index in [-0.39, 0.29) is 48.2 Å². The van der Waals surface area contributed by atoms with E-state index in [1.165, 1.54) is 0 Å². The largest absolute Gasteiger partial charge is 0.480 e. The first kappa shape index (κ1) is 32.7. The van der Waals surface area contributed by atoms with Crippen molar-refractivity contribution in [3.05, 3.63) is 83.1 Å². The minimum absolute atomic E-state index is 0.0546. The Morgan fingerprint density at radius 2 is 1.78 bits per heavy atom. The van der Waals surface area contributed by atoms with E-state index in [0.717, 1.165) is 23.1 Å². The third kappa shape index (κ3) is 8.25. The van der Waals surface area contributed by atoms with Gasteiger partial charge in [-0.2, -0.15) is 0 Å². The Kier molecular flexibility index (Phi) is 10.6. The molecule has 1 aromatic heterocycles. The van der Waals surface area contributed by atoms with Crippen molar-refractivity contribution in [2.75, 3.05) is 11.4 Å². The van der Waals surface area contributed by atoms with Gasteiger partial charge in [-0.3, -0.25) is 19.4 Å². The lowest BCUT2D eigenvalue weighted by Crippen LogP contribution is -2.41. The molecular formula is C32H39N7O6. The Balaban J connectivity index is 1.40. The van der Waals surface area contributed by atoms with Gasteiger partial charge in [-0.25, -0.2) is 9.78 Å². The summed E-state index contributed by atoms with van der Waals surface area (Å²) in [5, 5.41) is 15.0. The summed E-state index contributed by atoms with van der Waals surface area (Å²) in [4.78, 5) is 60.5. The molecule has 3 amide bonds. The van der Waals surface area contributed by atoms with Gasteiger partial charge < -0.3 is 36.5 Å². The fraction of sp³-hybridized carbons (Fsp3) is 0.375. The number of benzene rings is 2. The number of oxazole rings is 1. The maximum absolute atomic E-state index is 13.4. The second-order valence-corrected chi connectivity index (χ2v) is 11.4. The molecule has 0 aliphatic carbocycles. The van der Waals surface area contributed by atoms with Crippen molar-refractivity contribution in [1.29, 1.82) is 0 Å². The molecule has 0 bridgehead atoms. The number of hydrogen-bond donors (Lipinski definition) is 5. The Labute approximate surface area is 261 Å². The summed E-state index contributed by atoms with van der Waals surface area (Å²) in [6, 6.07) is 13.0. The number of carboxylic acid groups (broad SMARTS) is 1. The van der Waals surface area contributed by atoms with Crippen LogP contribution in [0.5, 0.6) is 0 Å². The van der Waals surface area contributed by atoms with Gasteiger partial charge in [-0.1, -0.05) is 44.2 Å². The molecule has 13 heteroatoms. The maximum Gasteiger partial charge on any atom is 0.326 e. The van der Waals surface area contributed by atoms with Gasteiger partial charge in [-0.05, 0) is 61.4 Å². The fourth-order valence-electron chi connectivity index (χ4n) is 5.09. The molecule has 4 rings (SSSR count). The molecule has 3 atom stereocenters. The highest BCUT2D eigenvalue weighted by Gasteiger charge is 2.29. The second kappa shape index (κ2) is 14.5. The highest BCUT2D eigenvalue weighted by atomic mass is 16.4. The molecule has 238 valence electrons. The molecule has 3 unspecified atom stereocenters. The van der Waals surface area contributed by atoms with Gasteiger partial charge in [0.25, 0.3) is 11.8 Å². The molecule has 1 aliphatic rings. The van der Waals surface area contributed by atoms with Crippen molar-refractivity contribution >= 4 is 35.3 Å². The average molecular weight is 618 g/mol. The van der Waals surface area contributed by atoms with Gasteiger partial charge in [0.05, 0.1) is 12.5 Å². The molecule has 0 radical (unpaired) electrons. The van der Waals surface area contributed by atoms with Crippen molar-refractivity contribution in [3.8, 4) is 0 Å². The normalized spacial score (nSPS) is 14.4. The molecule has 2 heterocycles. The van der Waals surface area contributed by atoms with Crippen LogP contribution < -0.4 is 27.0 Å². The zero-order valence-corrected chi connectivity index (χ0v) is 25.5. The van der Waals surface area contributed by atoms with Crippen molar-refractivity contribution < 1.29 is 28.7 Å². The number of anilines is 1. The van der Waals surface area contributed by atoms with Crippen LogP contribution in [0, 0.1) is 5.92 Å². The van der Waals surface area contributed by atoms with Crippen molar-refractivity contribution in [2.45, 2.75) is 64.6 Å². The molecule has 13 nitrogen and oxygen atoms in total. The third-order valence-electron chi connectivity index (χ3n) is 7.54. The van der Waals surface area contributed by atoms with Gasteiger partial charge >= 0.3 is 5.97 Å². The van der Waals surface area contributed by atoms with Crippen LogP contribution in [-0.4, -0.2) is 52.3 Å². The van der Waals surface area contributed by atoms with Crippen LogP contribution >= 0.6 is 0 Å². The molecule has 0 saturated carbocycles. The van der Waals surface area contributed by atoms with Crippen LogP contribution in [0.25, 0.3) is 0 Å². The molecule has 2 aromatic carbocycles. The van der Waals surface area contributed by atoms with Gasteiger partial charge in [-0.15, -0.1) is 0 Å². The summed E-state index contributed by atoms with van der Waals surface area (Å²) in [5.74, 6) is -2.60. The number of amides is 3. The summed E-state index contributed by atoms with van der Waals surface area (Å²) < 4.78 is 5.59. The summed E-state index contributed by atoms with van der Waals surface area (Å²) in [6.07, 6.45) is 2.07. The number of hydrogen-bond acceptors (Lipinski definition) is 7. The monoisotopic (exact) mass is 617 g/mol. The lowest BCUT2D eigenvalue weighted by molar-refractivity contribution is -0.139. The van der Waals surface area contributed by atoms with Crippen LogP contribution in [-0.2, 0) is 16.1 Å². The van der Waals surface area contributed by atoms with E-state index >= 15 is 0 Å². The standard InChI is InChI=1S/C32H39N7O6/c1-18(2)15-25(29-38-26(17-45-29)28(41)36-24(31(43)44)9-6-14-35-32(33)34)37-27(40)19(3)20-10-12-22(13-11-20)39-16-21-7-4-5-8-23(21)30(39)42/h4-5,7-8,10-13,17-19,24-25H,6,9,14-16H2,1-3H3,(H,36,41)(H,37,40)(H,43,44)(H4,33,34,35). The first-order valence-electron chi connectivity index (χ1n) is 14.8. The predicted octanol–water partition coefficient (Wildman–Crippen LogP) is 3.08. The lowest BCUT2D eigenvalue weighted by atomic mass is 9.98. The highest BCUT2D eigenvalue weighted by Crippen LogP contribution is 2.30. The molecular weight excluding hydrogens is 578 g/mol. The minimum Gasteiger partial charge on any atom is -0.480 e. The number of nitrogens with zero attached hydrogens (tertiary/aromatic N) is 3. The number of fused-ring (bicyclic) bond motifs is 1. The van der Waals surface area contributed by atoms with E-state index in [1.807, 2.05) is 62.4 Å². The number of carbonyl (C=O) groups is 4. The summed E-state index contributed by atoms with van der Waals surface area (Å²) >= 11 is 0. The number of aromatic nitrogens is 1. The minimum atomic E-state index is -1.21. The van der Waals surface area contributed by atoms with Gasteiger partial charge in [0.2, 0.25) is 11.8 Å². The number of nitrogens with two attached hydrogens (primary N) is 2. The number of aliphatic carboxylic acids is 1. The summed E-state index contributed by atoms with van der Waals surface area (Å²) in [6.45, 7) is 6.46. The van der Waals surface area contributed by atoms with Crippen molar-refractivity contribution in [2.24, 2.45) is 22.4 Å². The first-order chi connectivity index (χ1) is 21.4. The Morgan fingerprint density at radius 1 is 1.07 bits per heavy atom. The van der Waals surface area contributed by atoms with Crippen LogP contribution in [0.2, 0.25) is 0 Å². The van der Waals surface area contributed by atoms with Crippen LogP contribution in [0.15, 0.2) is 64.2 Å². The first-order valence-corrected chi connectivity index (χ1v) is 14.8. The molecule has 0 fully saturated rings. The number of nitrogens with one attached hydrogen (secondary N) is 2. The van der Waals surface area contributed by atoms with E-state index in [0.29, 0.717) is 24.9 Å². The smallest absolute Gasteiger partial charge is 0.326 e. The van der Waals surface area contributed by atoms with Crippen molar-refractivity contribution in [3.63, 3.8) is 0 Å². The molecule has 3 aromatic rings. The van der Waals surface area contributed by atoms with E-state index in [9.17, 15) is 24.3 Å². The van der Waals surface area contributed by atoms with Crippen LogP contribution in [0.1, 0.15) is 89.9 Å². The number of aliphatic imine (C=N–C) groups is 1. The van der Waals surface area contributed by atoms with Crippen LogP contribution in [0.4, 0.5) is 5.69 Å². The quantitative estimate of drug-likeness (QED) is 0.102. The summed E-state index contributed by atoms with van der Waals surface area (Å²) in [5.41, 5.74) is 13.6. The van der Waals surface area contributed by atoms with Gasteiger partial charge in [0.15, 0.2) is 11.7 Å². The molecule has 1 aliphatic heterocycles. The van der Waals surface area contributed by atoms with E-state index < -0.39 is 29.9 Å². The maximum atomic E-state index is 13.4. The number of guanidine groups is 1. The fourth-order valence-corrected chi connectivity index (χ4v) is 5.09. The van der Waals surface area contributed by atoms with Crippen LogP contribution in [0.3, 0.4) is 0 Å². The van der Waals surface area contributed by atoms with Gasteiger partial charge in [0, 0.05) is 17.8 Å². The highest BCUT2D eigenvalue weighted by molar-refractivity contribution is 6.10. The second-order valence-electron chi connectivity index (χ2n) is 11.4. The molecule has 45 heavy (non-hydrogen) atoms. The number of carboxylic acids is 1. The van der Waals surface area contributed by atoms with Gasteiger partial charge in [0.1, 0.15) is 18.3 Å². The number of rotatable bonds is 14. The SMILES string of the molecule is CC(C)CC(NC(=O)C(C)c1ccc(N2Cc3ccccc3C2=O)cc1)c1nc(C(=O)NC(CCCN=C(N)N)C(=O)O)co1. The zero-order chi connectivity index (χ0) is 32.7. The molecule has 0 spiro atoms. The average Bonchev–Trinajstić information content (AvgIpc) is 3.63. The molecule has 0 saturated heterocycles. The third-order valence-corrected chi connectivity index (χ3v) is 7.54. The Morgan fingerprint density at radius 3 is 2.42 bits per heavy atom. The van der Waals surface area contributed by atoms with Crippen molar-refractivity contribution in [1.82, 2.24) is 15.6 Å². The van der Waals surface area contributed by atoms with E-state index in [1.54, 1.807) is 11.8 Å². The number of carbonyl (C=O) groups excluding carboxylic acids is 3.